The van der Waals surface area contributed by atoms with Gasteiger partial charge >= 0.3 is 5.97 Å². The number of carboxylic acids is 1. The summed E-state index contributed by atoms with van der Waals surface area (Å²) in [5.74, 6) is -0.475. The van der Waals surface area contributed by atoms with Gasteiger partial charge in [0.2, 0.25) is 0 Å². The van der Waals surface area contributed by atoms with Gasteiger partial charge < -0.3 is 15.2 Å². The Kier molecular flexibility index (Phi) is 5.55. The number of thiophene rings is 1. The number of carboxylic acid groups (broad SMARTS) is 1. The number of aliphatic carboxylic acids is 1. The van der Waals surface area contributed by atoms with Crippen molar-refractivity contribution in [3.63, 3.8) is 0 Å². The number of nitrogens with one attached hydrogen (secondary N) is 1. The monoisotopic (exact) mass is 319 g/mol. The molecule has 1 atom stereocenters. The van der Waals surface area contributed by atoms with E-state index in [-0.39, 0.29) is 18.4 Å². The highest BCUT2D eigenvalue weighted by Crippen LogP contribution is 2.23. The highest BCUT2D eigenvalue weighted by atomic mass is 32.1. The fraction of sp³-hybridized carbons (Fsp3) is 0.250. The first kappa shape index (κ1) is 16.0. The minimum Gasteiger partial charge on any atom is -0.496 e. The van der Waals surface area contributed by atoms with E-state index < -0.39 is 5.97 Å². The molecular formula is C16H17NO4S. The molecule has 1 unspecified atom stereocenters. The zero-order valence-electron chi connectivity index (χ0n) is 12.1. The molecule has 0 saturated heterocycles. The predicted octanol–water partition coefficient (Wildman–Crippen LogP) is 3.09. The summed E-state index contributed by atoms with van der Waals surface area (Å²) in [7, 11) is 1.55. The van der Waals surface area contributed by atoms with Crippen molar-refractivity contribution in [2.75, 3.05) is 7.11 Å². The largest absolute Gasteiger partial charge is 0.496 e. The van der Waals surface area contributed by atoms with E-state index in [2.05, 4.69) is 5.32 Å². The van der Waals surface area contributed by atoms with Crippen LogP contribution in [0.25, 0.3) is 0 Å². The maximum absolute atomic E-state index is 12.3. The highest BCUT2D eigenvalue weighted by Gasteiger charge is 2.18. The number of amides is 1. The average Bonchev–Trinajstić information content (AvgIpc) is 3.01. The lowest BCUT2D eigenvalue weighted by molar-refractivity contribution is -0.137. The highest BCUT2D eigenvalue weighted by molar-refractivity contribution is 7.12. The molecule has 0 aliphatic carbocycles. The second kappa shape index (κ2) is 7.61. The third kappa shape index (κ3) is 4.33. The van der Waals surface area contributed by atoms with Crippen molar-refractivity contribution in [3.05, 3.63) is 52.2 Å². The lowest BCUT2D eigenvalue weighted by Crippen LogP contribution is -2.28. The van der Waals surface area contributed by atoms with Crippen LogP contribution < -0.4 is 10.1 Å². The van der Waals surface area contributed by atoms with Gasteiger partial charge in [0.15, 0.2) is 0 Å². The molecular weight excluding hydrogens is 302 g/mol. The van der Waals surface area contributed by atoms with E-state index in [1.807, 2.05) is 30.3 Å². The predicted molar refractivity (Wildman–Crippen MR) is 84.4 cm³/mol. The zero-order chi connectivity index (χ0) is 15.9. The molecule has 0 bridgehead atoms. The molecule has 2 aromatic rings. The van der Waals surface area contributed by atoms with Crippen molar-refractivity contribution < 1.29 is 19.4 Å². The lowest BCUT2D eigenvalue weighted by atomic mass is 10.0. The Morgan fingerprint density at radius 2 is 2.05 bits per heavy atom. The van der Waals surface area contributed by atoms with Crippen molar-refractivity contribution >= 4 is 23.2 Å². The Labute approximate surface area is 132 Å². The van der Waals surface area contributed by atoms with Crippen LogP contribution in [0.15, 0.2) is 41.8 Å². The van der Waals surface area contributed by atoms with Crippen LogP contribution in [-0.4, -0.2) is 24.1 Å². The molecule has 1 amide bonds. The normalized spacial score (nSPS) is 11.7. The molecule has 0 fully saturated rings. The smallest absolute Gasteiger partial charge is 0.303 e. The van der Waals surface area contributed by atoms with Gasteiger partial charge in [-0.25, -0.2) is 0 Å². The SMILES string of the molecule is COc1csc(C(=O)NC(CCC(=O)O)c2ccccc2)c1. The van der Waals surface area contributed by atoms with Gasteiger partial charge in [0, 0.05) is 17.9 Å². The van der Waals surface area contributed by atoms with E-state index in [0.717, 1.165) is 5.56 Å². The summed E-state index contributed by atoms with van der Waals surface area (Å²) in [5.41, 5.74) is 0.889. The molecule has 22 heavy (non-hydrogen) atoms. The van der Waals surface area contributed by atoms with Crippen LogP contribution in [0.5, 0.6) is 5.75 Å². The quantitative estimate of drug-likeness (QED) is 0.822. The molecule has 5 nitrogen and oxygen atoms in total. The molecule has 0 radical (unpaired) electrons. The van der Waals surface area contributed by atoms with Gasteiger partial charge in [0.05, 0.1) is 18.0 Å². The van der Waals surface area contributed by atoms with Crippen LogP contribution in [-0.2, 0) is 4.79 Å². The molecule has 6 heteroatoms. The van der Waals surface area contributed by atoms with Crippen LogP contribution in [0.1, 0.15) is 34.1 Å². The van der Waals surface area contributed by atoms with Crippen molar-refractivity contribution in [1.82, 2.24) is 5.32 Å². The minimum atomic E-state index is -0.882. The molecule has 1 heterocycles. The molecule has 0 saturated carbocycles. The van der Waals surface area contributed by atoms with Gasteiger partial charge in [-0.1, -0.05) is 30.3 Å². The number of rotatable bonds is 7. The van der Waals surface area contributed by atoms with E-state index in [9.17, 15) is 9.59 Å². The molecule has 0 aliphatic rings. The molecule has 1 aromatic heterocycles. The summed E-state index contributed by atoms with van der Waals surface area (Å²) >= 11 is 1.29. The fourth-order valence-corrected chi connectivity index (χ4v) is 2.81. The lowest BCUT2D eigenvalue weighted by Gasteiger charge is -2.18. The van der Waals surface area contributed by atoms with Crippen molar-refractivity contribution in [1.29, 1.82) is 0 Å². The fourth-order valence-electron chi connectivity index (χ4n) is 2.05. The molecule has 2 N–H and O–H groups in total. The topological polar surface area (TPSA) is 75.6 Å². The Morgan fingerprint density at radius 3 is 2.64 bits per heavy atom. The van der Waals surface area contributed by atoms with E-state index >= 15 is 0 Å². The molecule has 2 rings (SSSR count). The zero-order valence-corrected chi connectivity index (χ0v) is 12.9. The number of benzene rings is 1. The van der Waals surface area contributed by atoms with Gasteiger partial charge in [-0.3, -0.25) is 9.59 Å². The third-order valence-corrected chi connectivity index (χ3v) is 4.10. The molecule has 116 valence electrons. The first-order chi connectivity index (χ1) is 10.6. The Balaban J connectivity index is 2.11. The van der Waals surface area contributed by atoms with Gasteiger partial charge in [-0.2, -0.15) is 0 Å². The van der Waals surface area contributed by atoms with Gasteiger partial charge in [0.25, 0.3) is 5.91 Å². The number of carbonyl (C=O) groups excluding carboxylic acids is 1. The van der Waals surface area contributed by atoms with Crippen molar-refractivity contribution in [3.8, 4) is 5.75 Å². The summed E-state index contributed by atoms with van der Waals surface area (Å²) in [6.07, 6.45) is 0.335. The summed E-state index contributed by atoms with van der Waals surface area (Å²) in [6.45, 7) is 0. The van der Waals surface area contributed by atoms with Gasteiger partial charge in [0.1, 0.15) is 5.75 Å². The Morgan fingerprint density at radius 1 is 1.32 bits per heavy atom. The number of hydrogen-bond donors (Lipinski definition) is 2. The summed E-state index contributed by atoms with van der Waals surface area (Å²) in [4.78, 5) is 23.6. The minimum absolute atomic E-state index is 0.00635. The second-order valence-corrected chi connectivity index (χ2v) is 5.63. The van der Waals surface area contributed by atoms with E-state index in [1.165, 1.54) is 11.3 Å². The van der Waals surface area contributed by atoms with Crippen LogP contribution >= 0.6 is 11.3 Å². The van der Waals surface area contributed by atoms with Crippen molar-refractivity contribution in [2.45, 2.75) is 18.9 Å². The number of hydrogen-bond acceptors (Lipinski definition) is 4. The summed E-state index contributed by atoms with van der Waals surface area (Å²) < 4.78 is 5.07. The molecule has 1 aromatic carbocycles. The van der Waals surface area contributed by atoms with Crippen LogP contribution in [0.4, 0.5) is 0 Å². The first-order valence-corrected chi connectivity index (χ1v) is 7.68. The number of carbonyl (C=O) groups is 2. The standard InChI is InChI=1S/C16H17NO4S/c1-21-12-9-14(22-10-12)16(20)17-13(7-8-15(18)19)11-5-3-2-4-6-11/h2-6,9-10,13H,7-8H2,1H3,(H,17,20)(H,18,19). The maximum atomic E-state index is 12.3. The van der Waals surface area contributed by atoms with Crippen LogP contribution in [0.2, 0.25) is 0 Å². The molecule has 0 spiro atoms. The van der Waals surface area contributed by atoms with Gasteiger partial charge in [-0.05, 0) is 12.0 Å². The third-order valence-electron chi connectivity index (χ3n) is 3.19. The second-order valence-electron chi connectivity index (χ2n) is 4.72. The summed E-state index contributed by atoms with van der Waals surface area (Å²) in [6, 6.07) is 10.7. The Bertz CT molecular complexity index is 639. The van der Waals surface area contributed by atoms with Crippen molar-refractivity contribution in [2.24, 2.45) is 0 Å². The van der Waals surface area contributed by atoms with E-state index in [4.69, 9.17) is 9.84 Å². The number of ether oxygens (including phenoxy) is 1. The van der Waals surface area contributed by atoms with E-state index in [1.54, 1.807) is 18.6 Å². The average molecular weight is 319 g/mol. The summed E-state index contributed by atoms with van der Waals surface area (Å²) in [5, 5.41) is 13.5. The van der Waals surface area contributed by atoms with Crippen LogP contribution in [0, 0.1) is 0 Å². The van der Waals surface area contributed by atoms with E-state index in [0.29, 0.717) is 17.0 Å². The first-order valence-electron chi connectivity index (χ1n) is 6.80. The Hall–Kier alpha value is -2.34. The maximum Gasteiger partial charge on any atom is 0.303 e. The molecule has 0 aliphatic heterocycles. The van der Waals surface area contributed by atoms with Gasteiger partial charge in [-0.15, -0.1) is 11.3 Å². The van der Waals surface area contributed by atoms with Crippen LogP contribution in [0.3, 0.4) is 0 Å². The number of methoxy groups -OCH3 is 1.